The van der Waals surface area contributed by atoms with E-state index in [0.29, 0.717) is 12.3 Å². The quantitative estimate of drug-likeness (QED) is 0.612. The molecule has 1 unspecified atom stereocenters. The average molecular weight is 346 g/mol. The van der Waals surface area contributed by atoms with E-state index < -0.39 is 0 Å². The van der Waals surface area contributed by atoms with Gasteiger partial charge >= 0.3 is 0 Å². The Labute approximate surface area is 150 Å². The van der Waals surface area contributed by atoms with Gasteiger partial charge in [-0.25, -0.2) is 15.0 Å². The zero-order chi connectivity index (χ0) is 17.3. The molecule has 0 radical (unpaired) electrons. The van der Waals surface area contributed by atoms with Crippen molar-refractivity contribution < 1.29 is 4.74 Å². The van der Waals surface area contributed by atoms with Crippen molar-refractivity contribution in [3.05, 3.63) is 49.2 Å². The van der Waals surface area contributed by atoms with Gasteiger partial charge in [-0.15, -0.1) is 0 Å². The highest BCUT2D eigenvalue weighted by atomic mass is 16.5. The number of imidazole rings is 1. The van der Waals surface area contributed by atoms with Gasteiger partial charge in [0.25, 0.3) is 0 Å². The monoisotopic (exact) mass is 346 g/mol. The van der Waals surface area contributed by atoms with Gasteiger partial charge in [0.15, 0.2) is 11.5 Å². The van der Waals surface area contributed by atoms with Crippen molar-refractivity contribution >= 4 is 27.9 Å². The van der Waals surface area contributed by atoms with Crippen LogP contribution in [-0.4, -0.2) is 44.1 Å². The fourth-order valence-electron chi connectivity index (χ4n) is 3.64. The summed E-state index contributed by atoms with van der Waals surface area (Å²) in [6.45, 7) is 1.56. The first-order chi connectivity index (χ1) is 12.9. The fraction of sp³-hybridized carbons (Fsp3) is 0.263. The predicted octanol–water partition coefficient (Wildman–Crippen LogP) is 2.95. The first-order valence-electron chi connectivity index (χ1n) is 8.77. The van der Waals surface area contributed by atoms with Crippen molar-refractivity contribution in [1.29, 1.82) is 0 Å². The highest BCUT2D eigenvalue weighted by molar-refractivity contribution is 5.85. The van der Waals surface area contributed by atoms with Crippen LogP contribution in [0.15, 0.2) is 49.2 Å². The summed E-state index contributed by atoms with van der Waals surface area (Å²) in [5.74, 6) is 1.77. The zero-order valence-corrected chi connectivity index (χ0v) is 14.2. The number of aromatic amines is 1. The van der Waals surface area contributed by atoms with Gasteiger partial charge in [-0.05, 0) is 31.0 Å². The minimum atomic E-state index is 0.267. The maximum atomic E-state index is 6.20. The summed E-state index contributed by atoms with van der Waals surface area (Å²) < 4.78 is 6.20. The molecular weight excluding hydrogens is 328 g/mol. The molecule has 1 atom stereocenters. The van der Waals surface area contributed by atoms with E-state index in [4.69, 9.17) is 4.74 Å². The fourth-order valence-corrected chi connectivity index (χ4v) is 3.64. The maximum absolute atomic E-state index is 6.20. The number of aromatic nitrogens is 5. The van der Waals surface area contributed by atoms with Gasteiger partial charge in [0, 0.05) is 18.1 Å². The summed E-state index contributed by atoms with van der Waals surface area (Å²) in [6, 6.07) is 10.2. The Morgan fingerprint density at radius 2 is 2.08 bits per heavy atom. The second-order valence-electron chi connectivity index (χ2n) is 6.43. The molecule has 1 N–H and O–H groups in total. The molecule has 1 aromatic carbocycles. The summed E-state index contributed by atoms with van der Waals surface area (Å²) >= 11 is 0. The molecule has 1 aliphatic rings. The zero-order valence-electron chi connectivity index (χ0n) is 14.2. The largest absolute Gasteiger partial charge is 0.491 e. The van der Waals surface area contributed by atoms with Gasteiger partial charge in [-0.1, -0.05) is 12.1 Å². The van der Waals surface area contributed by atoms with Gasteiger partial charge in [0.05, 0.1) is 17.9 Å². The van der Waals surface area contributed by atoms with Crippen molar-refractivity contribution in [3.8, 4) is 5.75 Å². The van der Waals surface area contributed by atoms with Crippen LogP contribution in [0.1, 0.15) is 12.8 Å². The number of fused-ring (bicyclic) bond motifs is 2. The SMILES string of the molecule is c1ccc2c(OCC3CCCN3c3ncnc4nc[nH]c34)ccnc2c1. The second-order valence-corrected chi connectivity index (χ2v) is 6.43. The molecule has 1 aliphatic heterocycles. The second kappa shape index (κ2) is 6.25. The van der Waals surface area contributed by atoms with Crippen LogP contribution in [0.5, 0.6) is 5.75 Å². The topological polar surface area (TPSA) is 79.8 Å². The smallest absolute Gasteiger partial charge is 0.182 e. The van der Waals surface area contributed by atoms with E-state index in [1.54, 1.807) is 18.9 Å². The minimum absolute atomic E-state index is 0.267. The van der Waals surface area contributed by atoms with E-state index in [0.717, 1.165) is 47.4 Å². The van der Waals surface area contributed by atoms with Gasteiger partial charge in [0.1, 0.15) is 24.2 Å². The van der Waals surface area contributed by atoms with Crippen LogP contribution < -0.4 is 9.64 Å². The summed E-state index contributed by atoms with van der Waals surface area (Å²) in [5.41, 5.74) is 2.53. The Hall–Kier alpha value is -3.22. The summed E-state index contributed by atoms with van der Waals surface area (Å²) in [6.07, 6.45) is 7.22. The Bertz CT molecular complexity index is 1060. The third-order valence-electron chi connectivity index (χ3n) is 4.89. The Kier molecular flexibility index (Phi) is 3.62. The lowest BCUT2D eigenvalue weighted by atomic mass is 10.2. The number of hydrogen-bond acceptors (Lipinski definition) is 6. The molecule has 130 valence electrons. The molecule has 26 heavy (non-hydrogen) atoms. The van der Waals surface area contributed by atoms with Crippen LogP contribution in [-0.2, 0) is 0 Å². The van der Waals surface area contributed by atoms with Crippen LogP contribution >= 0.6 is 0 Å². The number of pyridine rings is 1. The molecular formula is C19H18N6O. The number of nitrogens with one attached hydrogen (secondary N) is 1. The standard InChI is InChI=1S/C19H18N6O/c1-2-6-15-14(5-1)16(7-8-20-15)26-10-13-4-3-9-25(13)19-17-18(22-11-21-17)23-12-24-19/h1-2,5-8,11-13H,3-4,9-10H2,(H,21,22,23,24). The molecule has 1 saturated heterocycles. The van der Waals surface area contributed by atoms with Crippen LogP contribution in [0.2, 0.25) is 0 Å². The Morgan fingerprint density at radius 3 is 3.08 bits per heavy atom. The highest BCUT2D eigenvalue weighted by Crippen LogP contribution is 2.29. The molecule has 0 spiro atoms. The molecule has 4 heterocycles. The number of nitrogens with zero attached hydrogens (tertiary/aromatic N) is 5. The van der Waals surface area contributed by atoms with E-state index in [-0.39, 0.29) is 6.04 Å². The summed E-state index contributed by atoms with van der Waals surface area (Å²) in [4.78, 5) is 22.8. The first-order valence-corrected chi connectivity index (χ1v) is 8.77. The molecule has 3 aromatic heterocycles. The van der Waals surface area contributed by atoms with Crippen LogP contribution in [0, 0.1) is 0 Å². The molecule has 0 saturated carbocycles. The number of benzene rings is 1. The van der Waals surface area contributed by atoms with E-state index in [9.17, 15) is 0 Å². The van der Waals surface area contributed by atoms with E-state index in [1.165, 1.54) is 0 Å². The van der Waals surface area contributed by atoms with Gasteiger partial charge in [-0.3, -0.25) is 4.98 Å². The highest BCUT2D eigenvalue weighted by Gasteiger charge is 2.28. The Balaban J connectivity index is 1.40. The third-order valence-corrected chi connectivity index (χ3v) is 4.89. The lowest BCUT2D eigenvalue weighted by Crippen LogP contribution is -2.35. The van der Waals surface area contributed by atoms with Crippen LogP contribution in [0.25, 0.3) is 22.1 Å². The van der Waals surface area contributed by atoms with Crippen molar-refractivity contribution in [2.75, 3.05) is 18.1 Å². The number of para-hydroxylation sites is 1. The molecule has 7 nitrogen and oxygen atoms in total. The van der Waals surface area contributed by atoms with Crippen molar-refractivity contribution in [1.82, 2.24) is 24.9 Å². The van der Waals surface area contributed by atoms with Gasteiger partial charge in [0.2, 0.25) is 0 Å². The first kappa shape index (κ1) is 15.1. The van der Waals surface area contributed by atoms with E-state index in [2.05, 4.69) is 29.8 Å². The lowest BCUT2D eigenvalue weighted by molar-refractivity contribution is 0.291. The molecule has 7 heteroatoms. The summed E-state index contributed by atoms with van der Waals surface area (Å²) in [7, 11) is 0. The van der Waals surface area contributed by atoms with E-state index in [1.807, 2.05) is 30.3 Å². The number of H-pyrrole nitrogens is 1. The van der Waals surface area contributed by atoms with Crippen LogP contribution in [0.4, 0.5) is 5.82 Å². The molecule has 0 bridgehead atoms. The molecule has 0 amide bonds. The van der Waals surface area contributed by atoms with Crippen molar-refractivity contribution in [2.45, 2.75) is 18.9 Å². The third kappa shape index (κ3) is 2.52. The Morgan fingerprint density at radius 1 is 1.12 bits per heavy atom. The van der Waals surface area contributed by atoms with Crippen molar-refractivity contribution in [2.24, 2.45) is 0 Å². The molecule has 4 aromatic rings. The summed E-state index contributed by atoms with van der Waals surface area (Å²) in [5, 5.41) is 1.04. The number of ether oxygens (including phenoxy) is 1. The normalized spacial score (nSPS) is 17.2. The average Bonchev–Trinajstić information content (AvgIpc) is 3.35. The predicted molar refractivity (Wildman–Crippen MR) is 99.3 cm³/mol. The number of anilines is 1. The minimum Gasteiger partial charge on any atom is -0.491 e. The molecule has 1 fully saturated rings. The van der Waals surface area contributed by atoms with E-state index >= 15 is 0 Å². The number of rotatable bonds is 4. The van der Waals surface area contributed by atoms with Gasteiger partial charge < -0.3 is 14.6 Å². The van der Waals surface area contributed by atoms with Crippen molar-refractivity contribution in [3.63, 3.8) is 0 Å². The molecule has 0 aliphatic carbocycles. The number of hydrogen-bond donors (Lipinski definition) is 1. The molecule has 5 rings (SSSR count). The van der Waals surface area contributed by atoms with Gasteiger partial charge in [-0.2, -0.15) is 0 Å². The van der Waals surface area contributed by atoms with Crippen LogP contribution in [0.3, 0.4) is 0 Å². The lowest BCUT2D eigenvalue weighted by Gasteiger charge is -2.26. The maximum Gasteiger partial charge on any atom is 0.182 e.